The number of fused-ring (bicyclic) bond motifs is 2. The van der Waals surface area contributed by atoms with Gasteiger partial charge in [0, 0.05) is 31.0 Å². The zero-order chi connectivity index (χ0) is 17.3. The molecule has 2 aliphatic carbocycles. The fourth-order valence-electron chi connectivity index (χ4n) is 4.95. The lowest BCUT2D eigenvalue weighted by Gasteiger charge is -2.33. The van der Waals surface area contributed by atoms with Crippen molar-refractivity contribution in [2.75, 3.05) is 26.2 Å². The summed E-state index contributed by atoms with van der Waals surface area (Å²) < 4.78 is 5.87. The lowest BCUT2D eigenvalue weighted by Crippen LogP contribution is -2.43. The number of nitrogens with zero attached hydrogens (tertiary/aromatic N) is 1. The third kappa shape index (κ3) is 3.64. The summed E-state index contributed by atoms with van der Waals surface area (Å²) in [6.45, 7) is 3.13. The number of ether oxygens (including phenoxy) is 1. The number of piperidine rings is 1. The van der Waals surface area contributed by atoms with Gasteiger partial charge in [0.25, 0.3) is 0 Å². The number of carbonyl (C=O) groups excluding carboxylic acids is 1. The predicted molar refractivity (Wildman–Crippen MR) is 106 cm³/mol. The summed E-state index contributed by atoms with van der Waals surface area (Å²) in [6.07, 6.45) is 7.78. The summed E-state index contributed by atoms with van der Waals surface area (Å²) in [5.74, 6) is 0.598. The minimum Gasteiger partial charge on any atom is -0.378 e. The number of rotatable bonds is 5. The van der Waals surface area contributed by atoms with E-state index in [2.05, 4.69) is 29.2 Å². The van der Waals surface area contributed by atoms with E-state index in [0.29, 0.717) is 18.6 Å². The van der Waals surface area contributed by atoms with E-state index in [1.54, 1.807) is 0 Å². The number of amides is 1. The molecule has 0 bridgehead atoms. The molecule has 1 spiro atoms. The zero-order valence-corrected chi connectivity index (χ0v) is 16.3. The fraction of sp³-hybridized carbons (Fsp3) is 0.667. The Morgan fingerprint density at radius 3 is 2.81 bits per heavy atom. The molecule has 1 aromatic rings. The van der Waals surface area contributed by atoms with E-state index < -0.39 is 0 Å². The average Bonchev–Trinajstić information content (AvgIpc) is 3.37. The molecule has 1 amide bonds. The molecule has 0 aromatic heterocycles. The Morgan fingerprint density at radius 2 is 2.04 bits per heavy atom. The lowest BCUT2D eigenvalue weighted by molar-refractivity contribution is -0.135. The largest absolute Gasteiger partial charge is 0.378 e. The van der Waals surface area contributed by atoms with Gasteiger partial charge in [0.2, 0.25) is 5.91 Å². The monoisotopic (exact) mass is 378 g/mol. The molecule has 26 heavy (non-hydrogen) atoms. The van der Waals surface area contributed by atoms with E-state index in [-0.39, 0.29) is 23.7 Å². The highest BCUT2D eigenvalue weighted by atomic mass is 35.5. The van der Waals surface area contributed by atoms with Crippen molar-refractivity contribution in [3.63, 3.8) is 0 Å². The molecule has 2 N–H and O–H groups in total. The number of carbonyl (C=O) groups is 1. The second kappa shape index (κ2) is 8.28. The van der Waals surface area contributed by atoms with Crippen LogP contribution in [-0.2, 0) is 21.4 Å². The van der Waals surface area contributed by atoms with Gasteiger partial charge < -0.3 is 15.4 Å². The molecule has 144 valence electrons. The first-order valence-electron chi connectivity index (χ1n) is 9.93. The number of benzene rings is 1. The first-order chi connectivity index (χ1) is 12.2. The molecule has 0 radical (unpaired) electrons. The Morgan fingerprint density at radius 1 is 1.27 bits per heavy atom. The highest BCUT2D eigenvalue weighted by molar-refractivity contribution is 5.85. The van der Waals surface area contributed by atoms with Crippen molar-refractivity contribution in [3.8, 4) is 0 Å². The van der Waals surface area contributed by atoms with Gasteiger partial charge in [-0.05, 0) is 62.6 Å². The van der Waals surface area contributed by atoms with E-state index in [4.69, 9.17) is 10.5 Å². The molecule has 1 saturated heterocycles. The normalized spacial score (nSPS) is 27.7. The number of halogens is 1. The average molecular weight is 379 g/mol. The van der Waals surface area contributed by atoms with Crippen molar-refractivity contribution >= 4 is 18.3 Å². The van der Waals surface area contributed by atoms with Gasteiger partial charge in [0.15, 0.2) is 0 Å². The second-order valence-corrected chi connectivity index (χ2v) is 7.96. The van der Waals surface area contributed by atoms with Crippen LogP contribution >= 0.6 is 12.4 Å². The summed E-state index contributed by atoms with van der Waals surface area (Å²) in [5.41, 5.74) is 8.59. The molecule has 4 rings (SSSR count). The Balaban J connectivity index is 0.00000196. The summed E-state index contributed by atoms with van der Waals surface area (Å²) in [6, 6.07) is 8.78. The molecule has 4 nitrogen and oxygen atoms in total. The molecule has 1 aliphatic heterocycles. The lowest BCUT2D eigenvalue weighted by atomic mass is 9.78. The van der Waals surface area contributed by atoms with Crippen LogP contribution in [0.5, 0.6) is 0 Å². The van der Waals surface area contributed by atoms with Gasteiger partial charge in [-0.3, -0.25) is 4.79 Å². The highest BCUT2D eigenvalue weighted by Crippen LogP contribution is 2.60. The van der Waals surface area contributed by atoms with Crippen LogP contribution in [0.15, 0.2) is 24.3 Å². The SMILES string of the molecule is Cl.NCCCOC1CCN(C(=O)C2CC23CCCc2ccccc23)CC1. The van der Waals surface area contributed by atoms with Crippen molar-refractivity contribution in [2.24, 2.45) is 11.7 Å². The van der Waals surface area contributed by atoms with E-state index in [9.17, 15) is 4.79 Å². The molecule has 2 fully saturated rings. The van der Waals surface area contributed by atoms with E-state index in [0.717, 1.165) is 45.4 Å². The van der Waals surface area contributed by atoms with Gasteiger partial charge >= 0.3 is 0 Å². The molecule has 1 saturated carbocycles. The second-order valence-electron chi connectivity index (χ2n) is 7.96. The topological polar surface area (TPSA) is 55.6 Å². The van der Waals surface area contributed by atoms with E-state index in [1.165, 1.54) is 30.4 Å². The van der Waals surface area contributed by atoms with E-state index >= 15 is 0 Å². The fourth-order valence-corrected chi connectivity index (χ4v) is 4.95. The van der Waals surface area contributed by atoms with Gasteiger partial charge in [-0.25, -0.2) is 0 Å². The maximum absolute atomic E-state index is 13.1. The Labute approximate surface area is 162 Å². The molecule has 5 heteroatoms. The summed E-state index contributed by atoms with van der Waals surface area (Å²) in [4.78, 5) is 15.2. The summed E-state index contributed by atoms with van der Waals surface area (Å²) >= 11 is 0. The molecule has 2 atom stereocenters. The van der Waals surface area contributed by atoms with Gasteiger partial charge in [-0.1, -0.05) is 24.3 Å². The van der Waals surface area contributed by atoms with Crippen molar-refractivity contribution in [1.29, 1.82) is 0 Å². The van der Waals surface area contributed by atoms with Crippen LogP contribution in [0.3, 0.4) is 0 Å². The highest BCUT2D eigenvalue weighted by Gasteiger charge is 2.60. The van der Waals surface area contributed by atoms with Gasteiger partial charge in [-0.15, -0.1) is 12.4 Å². The van der Waals surface area contributed by atoms with Crippen LogP contribution in [0, 0.1) is 5.92 Å². The molecule has 3 aliphatic rings. The third-order valence-electron chi connectivity index (χ3n) is 6.45. The van der Waals surface area contributed by atoms with E-state index in [1.807, 2.05) is 0 Å². The van der Waals surface area contributed by atoms with Gasteiger partial charge in [0.1, 0.15) is 0 Å². The van der Waals surface area contributed by atoms with Crippen LogP contribution in [0.25, 0.3) is 0 Å². The van der Waals surface area contributed by atoms with Crippen LogP contribution in [0.4, 0.5) is 0 Å². The Bertz CT molecular complexity index is 630. The van der Waals surface area contributed by atoms with Crippen molar-refractivity contribution in [2.45, 2.75) is 56.5 Å². The van der Waals surface area contributed by atoms with Crippen LogP contribution in [0.2, 0.25) is 0 Å². The molecule has 1 heterocycles. The molecular formula is C21H31ClN2O2. The first kappa shape index (κ1) is 19.7. The quantitative estimate of drug-likeness (QED) is 0.801. The van der Waals surface area contributed by atoms with Crippen LogP contribution in [-0.4, -0.2) is 43.2 Å². The van der Waals surface area contributed by atoms with Crippen LogP contribution < -0.4 is 5.73 Å². The Hall–Kier alpha value is -1.10. The number of hydrogen-bond acceptors (Lipinski definition) is 3. The van der Waals surface area contributed by atoms with Crippen molar-refractivity contribution < 1.29 is 9.53 Å². The maximum Gasteiger partial charge on any atom is 0.226 e. The van der Waals surface area contributed by atoms with Gasteiger partial charge in [-0.2, -0.15) is 0 Å². The minimum absolute atomic E-state index is 0. The molecular weight excluding hydrogens is 348 g/mol. The summed E-state index contributed by atoms with van der Waals surface area (Å²) in [7, 11) is 0. The molecule has 2 unspecified atom stereocenters. The van der Waals surface area contributed by atoms with Crippen LogP contribution in [0.1, 0.15) is 49.7 Å². The standard InChI is InChI=1S/C21H30N2O2.ClH/c22-11-4-14-25-17-8-12-23(13-9-17)20(24)19-15-21(19)10-3-6-16-5-1-2-7-18(16)21;/h1-2,5,7,17,19H,3-4,6,8-15,22H2;1H. The number of hydrogen-bond donors (Lipinski definition) is 1. The number of aryl methyl sites for hydroxylation is 1. The number of likely N-dealkylation sites (tertiary alicyclic amines) is 1. The Kier molecular flexibility index (Phi) is 6.26. The summed E-state index contributed by atoms with van der Waals surface area (Å²) in [5, 5.41) is 0. The predicted octanol–water partition coefficient (Wildman–Crippen LogP) is 3.06. The number of nitrogens with two attached hydrogens (primary N) is 1. The smallest absolute Gasteiger partial charge is 0.226 e. The van der Waals surface area contributed by atoms with Gasteiger partial charge in [0.05, 0.1) is 6.10 Å². The molecule has 1 aromatic carbocycles. The first-order valence-corrected chi connectivity index (χ1v) is 9.93. The maximum atomic E-state index is 13.1. The minimum atomic E-state index is 0. The third-order valence-corrected chi connectivity index (χ3v) is 6.45. The van der Waals surface area contributed by atoms with Crippen molar-refractivity contribution in [1.82, 2.24) is 4.90 Å². The zero-order valence-electron chi connectivity index (χ0n) is 15.5. The van der Waals surface area contributed by atoms with Crippen molar-refractivity contribution in [3.05, 3.63) is 35.4 Å².